The highest BCUT2D eigenvalue weighted by Gasteiger charge is 2.25. The van der Waals surface area contributed by atoms with Crippen molar-refractivity contribution < 1.29 is 14.4 Å². The molecule has 0 saturated carbocycles. The summed E-state index contributed by atoms with van der Waals surface area (Å²) in [6.07, 6.45) is 0. The van der Waals surface area contributed by atoms with Crippen molar-refractivity contribution in [3.05, 3.63) is 29.8 Å². The lowest BCUT2D eigenvalue weighted by molar-refractivity contribution is -0.125. The van der Waals surface area contributed by atoms with Gasteiger partial charge in [-0.3, -0.25) is 14.5 Å². The van der Waals surface area contributed by atoms with Gasteiger partial charge in [0.1, 0.15) is 0 Å². The van der Waals surface area contributed by atoms with E-state index in [4.69, 9.17) is 0 Å². The van der Waals surface area contributed by atoms with E-state index in [0.29, 0.717) is 24.3 Å². The molecule has 2 rings (SSSR count). The molecule has 4 amide bonds. The predicted molar refractivity (Wildman–Crippen MR) is 73.4 cm³/mol. The number of nitrogens with zero attached hydrogens (tertiary/aromatic N) is 1. The Kier molecular flexibility index (Phi) is 4.19. The molecule has 1 fully saturated rings. The first-order valence-corrected chi connectivity index (χ1v) is 6.26. The van der Waals surface area contributed by atoms with Crippen LogP contribution in [0.15, 0.2) is 24.3 Å². The highest BCUT2D eigenvalue weighted by molar-refractivity contribution is 6.01. The third-order valence-corrected chi connectivity index (χ3v) is 2.99. The quantitative estimate of drug-likeness (QED) is 0.722. The molecule has 3 N–H and O–H groups in total. The van der Waals surface area contributed by atoms with Crippen LogP contribution in [0.5, 0.6) is 0 Å². The van der Waals surface area contributed by atoms with Gasteiger partial charge < -0.3 is 16.0 Å². The summed E-state index contributed by atoms with van der Waals surface area (Å²) in [5.74, 6) is -0.564. The van der Waals surface area contributed by atoms with Crippen LogP contribution in [0.4, 0.5) is 10.5 Å². The van der Waals surface area contributed by atoms with Crippen molar-refractivity contribution >= 4 is 23.5 Å². The van der Waals surface area contributed by atoms with E-state index in [1.165, 1.54) is 0 Å². The van der Waals surface area contributed by atoms with Gasteiger partial charge in [-0.2, -0.15) is 0 Å². The fourth-order valence-electron chi connectivity index (χ4n) is 1.95. The molecule has 1 aliphatic heterocycles. The van der Waals surface area contributed by atoms with Gasteiger partial charge in [0.15, 0.2) is 0 Å². The number of carbonyl (C=O) groups is 3. The zero-order valence-corrected chi connectivity index (χ0v) is 11.1. The van der Waals surface area contributed by atoms with Crippen LogP contribution in [-0.2, 0) is 4.79 Å². The fraction of sp³-hybridized carbons (Fsp3) is 0.308. The molecule has 0 spiro atoms. The maximum Gasteiger partial charge on any atom is 0.324 e. The number of carbonyl (C=O) groups excluding carboxylic acids is 3. The minimum Gasteiger partial charge on any atom is -0.375 e. The molecule has 1 aromatic rings. The molecule has 0 atom stereocenters. The molecule has 7 nitrogen and oxygen atoms in total. The molecule has 0 bridgehead atoms. The van der Waals surface area contributed by atoms with Crippen LogP contribution in [0.3, 0.4) is 0 Å². The van der Waals surface area contributed by atoms with Crippen LogP contribution in [0, 0.1) is 0 Å². The molecule has 20 heavy (non-hydrogen) atoms. The lowest BCUT2D eigenvalue weighted by Gasteiger charge is -2.14. The number of rotatable bonds is 4. The third kappa shape index (κ3) is 2.87. The average molecular weight is 276 g/mol. The minimum atomic E-state index is -0.378. The van der Waals surface area contributed by atoms with E-state index >= 15 is 0 Å². The highest BCUT2D eigenvalue weighted by Crippen LogP contribution is 2.14. The monoisotopic (exact) mass is 276 g/mol. The third-order valence-electron chi connectivity index (χ3n) is 2.99. The Balaban J connectivity index is 2.02. The van der Waals surface area contributed by atoms with Crippen LogP contribution >= 0.6 is 0 Å². The number of anilines is 1. The molecule has 106 valence electrons. The second kappa shape index (κ2) is 6.05. The number of amides is 4. The van der Waals surface area contributed by atoms with E-state index in [-0.39, 0.29) is 24.4 Å². The summed E-state index contributed by atoms with van der Waals surface area (Å²) in [5.41, 5.74) is 1.01. The van der Waals surface area contributed by atoms with Gasteiger partial charge in [-0.05, 0) is 12.1 Å². The zero-order chi connectivity index (χ0) is 14.5. The van der Waals surface area contributed by atoms with Gasteiger partial charge in [-0.1, -0.05) is 12.1 Å². The van der Waals surface area contributed by atoms with Crippen molar-refractivity contribution in [1.29, 1.82) is 0 Å². The van der Waals surface area contributed by atoms with E-state index < -0.39 is 0 Å². The highest BCUT2D eigenvalue weighted by atomic mass is 16.2. The van der Waals surface area contributed by atoms with Crippen molar-refractivity contribution in [1.82, 2.24) is 15.5 Å². The first kappa shape index (κ1) is 13.9. The summed E-state index contributed by atoms with van der Waals surface area (Å²) in [5, 5.41) is 7.99. The average Bonchev–Trinajstić information content (AvgIpc) is 2.90. The minimum absolute atomic E-state index is 0.0403. The van der Waals surface area contributed by atoms with Gasteiger partial charge in [0, 0.05) is 25.8 Å². The van der Waals surface area contributed by atoms with Crippen LogP contribution in [0.1, 0.15) is 10.4 Å². The molecule has 0 unspecified atom stereocenters. The maximum absolute atomic E-state index is 11.9. The van der Waals surface area contributed by atoms with Gasteiger partial charge in [0.05, 0.1) is 12.1 Å². The zero-order valence-electron chi connectivity index (χ0n) is 11.1. The van der Waals surface area contributed by atoms with Crippen LogP contribution in [0.25, 0.3) is 0 Å². The smallest absolute Gasteiger partial charge is 0.324 e. The lowest BCUT2D eigenvalue weighted by atomic mass is 10.1. The van der Waals surface area contributed by atoms with Crippen LogP contribution in [-0.4, -0.2) is 49.4 Å². The Morgan fingerprint density at radius 1 is 1.35 bits per heavy atom. The second-order valence-corrected chi connectivity index (χ2v) is 4.26. The number of imide groups is 1. The number of hydrogen-bond acceptors (Lipinski definition) is 4. The van der Waals surface area contributed by atoms with Gasteiger partial charge in [0.2, 0.25) is 5.91 Å². The molecule has 1 heterocycles. The van der Waals surface area contributed by atoms with Crippen molar-refractivity contribution in [3.63, 3.8) is 0 Å². The Hall–Kier alpha value is -2.57. The first-order valence-electron chi connectivity index (χ1n) is 6.26. The number of benzene rings is 1. The Labute approximate surface area is 116 Å². The molecule has 1 aliphatic rings. The second-order valence-electron chi connectivity index (χ2n) is 4.26. The molecule has 0 aliphatic carbocycles. The summed E-state index contributed by atoms with van der Waals surface area (Å²) in [4.78, 5) is 36.1. The predicted octanol–water partition coefficient (Wildman–Crippen LogP) is 0.00990. The van der Waals surface area contributed by atoms with Crippen LogP contribution < -0.4 is 16.0 Å². The van der Waals surface area contributed by atoms with Crippen molar-refractivity contribution in [2.75, 3.05) is 32.0 Å². The van der Waals surface area contributed by atoms with E-state index in [1.54, 1.807) is 31.3 Å². The molecular weight excluding hydrogens is 260 g/mol. The summed E-state index contributed by atoms with van der Waals surface area (Å²) in [6.45, 7) is 0.803. The van der Waals surface area contributed by atoms with Gasteiger partial charge in [-0.25, -0.2) is 4.79 Å². The standard InChI is InChI=1S/C13H16N4O3/c1-14-12(19)9-4-2-3-5-10(9)16-8-11(18)17-7-6-15-13(17)20/h2-5,16H,6-8H2,1H3,(H,14,19)(H,15,20). The molecule has 1 saturated heterocycles. The normalized spacial score (nSPS) is 13.8. The van der Waals surface area contributed by atoms with Gasteiger partial charge >= 0.3 is 6.03 Å². The topological polar surface area (TPSA) is 90.5 Å². The molecule has 7 heteroatoms. The van der Waals surface area contributed by atoms with Crippen molar-refractivity contribution in [2.24, 2.45) is 0 Å². The Morgan fingerprint density at radius 3 is 2.75 bits per heavy atom. The van der Waals surface area contributed by atoms with E-state index in [0.717, 1.165) is 4.90 Å². The summed E-state index contributed by atoms with van der Waals surface area (Å²) in [6, 6.07) is 6.50. The largest absolute Gasteiger partial charge is 0.375 e. The number of para-hydroxylation sites is 1. The number of hydrogen-bond donors (Lipinski definition) is 3. The number of nitrogens with one attached hydrogen (secondary N) is 3. The summed E-state index contributed by atoms with van der Waals surface area (Å²) < 4.78 is 0. The van der Waals surface area contributed by atoms with E-state index in [1.807, 2.05) is 0 Å². The maximum atomic E-state index is 11.9. The van der Waals surface area contributed by atoms with Gasteiger partial charge in [0.25, 0.3) is 5.91 Å². The van der Waals surface area contributed by atoms with Crippen molar-refractivity contribution in [2.45, 2.75) is 0 Å². The Bertz CT molecular complexity index is 544. The summed E-state index contributed by atoms with van der Waals surface area (Å²) in [7, 11) is 1.54. The molecule has 0 radical (unpaired) electrons. The SMILES string of the molecule is CNC(=O)c1ccccc1NCC(=O)N1CCNC1=O. The van der Waals surface area contributed by atoms with Crippen molar-refractivity contribution in [3.8, 4) is 0 Å². The van der Waals surface area contributed by atoms with Gasteiger partial charge in [-0.15, -0.1) is 0 Å². The Morgan fingerprint density at radius 2 is 2.10 bits per heavy atom. The van der Waals surface area contributed by atoms with E-state index in [2.05, 4.69) is 16.0 Å². The van der Waals surface area contributed by atoms with E-state index in [9.17, 15) is 14.4 Å². The molecule has 0 aromatic heterocycles. The lowest BCUT2D eigenvalue weighted by Crippen LogP contribution is -2.38. The summed E-state index contributed by atoms with van der Waals surface area (Å²) >= 11 is 0. The first-order chi connectivity index (χ1) is 9.63. The van der Waals surface area contributed by atoms with Crippen LogP contribution in [0.2, 0.25) is 0 Å². The fourth-order valence-corrected chi connectivity index (χ4v) is 1.95. The number of urea groups is 1. The molecule has 1 aromatic carbocycles. The molecular formula is C13H16N4O3.